The Labute approximate surface area is 261 Å². The van der Waals surface area contributed by atoms with Crippen LogP contribution < -0.4 is 9.47 Å². The van der Waals surface area contributed by atoms with Gasteiger partial charge in [-0.15, -0.1) is 0 Å². The van der Waals surface area contributed by atoms with Crippen LogP contribution in [0.5, 0.6) is 11.5 Å². The average Bonchev–Trinajstić information content (AvgIpc) is 3.28. The second kappa shape index (κ2) is 12.4. The third kappa shape index (κ3) is 5.83. The smallest absolute Gasteiger partial charge is 0.308 e. The van der Waals surface area contributed by atoms with Gasteiger partial charge in [0, 0.05) is 38.8 Å². The summed E-state index contributed by atoms with van der Waals surface area (Å²) < 4.78 is 22.1. The summed E-state index contributed by atoms with van der Waals surface area (Å²) in [5.41, 5.74) is 7.28. The van der Waals surface area contributed by atoms with Crippen molar-refractivity contribution < 1.29 is 38.1 Å². The predicted octanol–water partition coefficient (Wildman–Crippen LogP) is 6.64. The Bertz CT molecular complexity index is 1720. The maximum atomic E-state index is 12.1. The zero-order chi connectivity index (χ0) is 32.5. The molecule has 0 atom stereocenters. The molecule has 5 rings (SSSR count). The number of fused-ring (bicyclic) bond motifs is 3. The van der Waals surface area contributed by atoms with Crippen LogP contribution in [0.2, 0.25) is 0 Å². The molecule has 8 heteroatoms. The minimum Gasteiger partial charge on any atom is -0.461 e. The molecule has 45 heavy (non-hydrogen) atoms. The first-order chi connectivity index (χ1) is 21.4. The van der Waals surface area contributed by atoms with Crippen LogP contribution in [-0.4, -0.2) is 23.9 Å². The van der Waals surface area contributed by atoms with E-state index in [4.69, 9.17) is 18.9 Å². The lowest BCUT2D eigenvalue weighted by atomic mass is 9.66. The number of carbonyl (C=O) groups is 4. The summed E-state index contributed by atoms with van der Waals surface area (Å²) in [6.45, 7) is 8.79. The first kappa shape index (κ1) is 31.2. The van der Waals surface area contributed by atoms with Gasteiger partial charge in [0.05, 0.1) is 5.41 Å². The van der Waals surface area contributed by atoms with Gasteiger partial charge in [-0.05, 0) is 70.5 Å². The van der Waals surface area contributed by atoms with E-state index < -0.39 is 29.3 Å². The van der Waals surface area contributed by atoms with Crippen molar-refractivity contribution in [1.82, 2.24) is 0 Å². The lowest BCUT2D eigenvalue weighted by Crippen LogP contribution is -2.30. The van der Waals surface area contributed by atoms with Gasteiger partial charge < -0.3 is 18.9 Å². The minimum absolute atomic E-state index is 0.103. The van der Waals surface area contributed by atoms with Crippen molar-refractivity contribution in [2.24, 2.45) is 0 Å². The molecule has 8 nitrogen and oxygen atoms in total. The van der Waals surface area contributed by atoms with Gasteiger partial charge in [-0.25, -0.2) is 0 Å². The number of benzene rings is 4. The van der Waals surface area contributed by atoms with E-state index >= 15 is 0 Å². The fourth-order valence-electron chi connectivity index (χ4n) is 6.30. The molecule has 0 aliphatic heterocycles. The molecule has 0 saturated heterocycles. The Hall–Kier alpha value is -5.24. The molecule has 0 fully saturated rings. The molecule has 4 aromatic carbocycles. The summed E-state index contributed by atoms with van der Waals surface area (Å²) in [5, 5.41) is 0. The molecular weight excluding hydrogens is 572 g/mol. The van der Waals surface area contributed by atoms with Crippen molar-refractivity contribution in [3.63, 3.8) is 0 Å². The van der Waals surface area contributed by atoms with Gasteiger partial charge in [-0.3, -0.25) is 19.2 Å². The third-order valence-corrected chi connectivity index (χ3v) is 7.87. The molecule has 0 N–H and O–H groups in total. The van der Waals surface area contributed by atoms with E-state index in [9.17, 15) is 19.2 Å². The highest BCUT2D eigenvalue weighted by Gasteiger charge is 2.47. The van der Waals surface area contributed by atoms with Crippen LogP contribution in [0.3, 0.4) is 0 Å². The molecule has 230 valence electrons. The minimum atomic E-state index is -0.915. The molecule has 0 amide bonds. The summed E-state index contributed by atoms with van der Waals surface area (Å²) in [6.07, 6.45) is 0. The Kier molecular flexibility index (Phi) is 8.60. The number of aryl methyl sites for hydroxylation is 2. The van der Waals surface area contributed by atoms with Crippen LogP contribution >= 0.6 is 0 Å². The van der Waals surface area contributed by atoms with Crippen LogP contribution in [0.1, 0.15) is 72.2 Å². The third-order valence-electron chi connectivity index (χ3n) is 7.87. The quantitative estimate of drug-likeness (QED) is 0.143. The van der Waals surface area contributed by atoms with Gasteiger partial charge >= 0.3 is 23.9 Å². The number of hydrogen-bond acceptors (Lipinski definition) is 8. The molecule has 0 heterocycles. The molecule has 0 saturated carbocycles. The first-order valence-electron chi connectivity index (χ1n) is 14.5. The molecule has 4 aromatic rings. The van der Waals surface area contributed by atoms with Gasteiger partial charge in [-0.1, -0.05) is 60.7 Å². The number of esters is 4. The van der Waals surface area contributed by atoms with Crippen molar-refractivity contribution in [2.75, 3.05) is 0 Å². The maximum absolute atomic E-state index is 12.1. The molecule has 0 radical (unpaired) electrons. The largest absolute Gasteiger partial charge is 0.461 e. The van der Waals surface area contributed by atoms with E-state index in [0.717, 1.165) is 33.4 Å². The fraction of sp³-hybridized carbons (Fsp3) is 0.243. The van der Waals surface area contributed by atoms with Gasteiger partial charge in [0.25, 0.3) is 0 Å². The predicted molar refractivity (Wildman–Crippen MR) is 167 cm³/mol. The standard InChI is InChI=1S/C37H34O8/c1-21-15-29(17-27(19-42-23(3)38)35(21)44-25(5)40)37(33-13-9-7-11-31(33)32-12-8-10-14-34(32)37)30-16-22(2)36(45-26(6)41)28(18-30)20-43-24(4)39/h7-18H,19-20H2,1-6H3. The van der Waals surface area contributed by atoms with Crippen LogP contribution in [-0.2, 0) is 47.3 Å². The maximum Gasteiger partial charge on any atom is 0.308 e. The first-order valence-corrected chi connectivity index (χ1v) is 14.5. The SMILES string of the molecule is CC(=O)OCc1cc(C2(c3cc(C)c(OC(C)=O)c(COC(C)=O)c3)c3ccccc3-c3ccccc32)cc(C)c1OC(C)=O. The lowest BCUT2D eigenvalue weighted by Gasteiger charge is -2.35. The number of carbonyl (C=O) groups excluding carboxylic acids is 4. The highest BCUT2D eigenvalue weighted by molar-refractivity contribution is 5.87. The van der Waals surface area contributed by atoms with Gasteiger partial charge in [0.2, 0.25) is 0 Å². The van der Waals surface area contributed by atoms with Crippen LogP contribution in [0.15, 0.2) is 72.8 Å². The molecule has 0 unspecified atom stereocenters. The summed E-state index contributed by atoms with van der Waals surface area (Å²) in [5.74, 6) is -1.26. The number of hydrogen-bond donors (Lipinski definition) is 0. The topological polar surface area (TPSA) is 105 Å². The molecule has 1 aliphatic rings. The van der Waals surface area contributed by atoms with Crippen molar-refractivity contribution >= 4 is 23.9 Å². The zero-order valence-electron chi connectivity index (χ0n) is 26.1. The number of rotatable bonds is 8. The Morgan fingerprint density at radius 2 is 0.933 bits per heavy atom. The van der Waals surface area contributed by atoms with Crippen molar-refractivity contribution in [1.29, 1.82) is 0 Å². The molecule has 1 aliphatic carbocycles. The fourth-order valence-corrected chi connectivity index (χ4v) is 6.30. The second-order valence-electron chi connectivity index (χ2n) is 11.2. The summed E-state index contributed by atoms with van der Waals surface area (Å²) >= 11 is 0. The summed E-state index contributed by atoms with van der Waals surface area (Å²) in [6, 6.07) is 24.1. The number of ether oxygens (including phenoxy) is 4. The Morgan fingerprint density at radius 1 is 0.556 bits per heavy atom. The average molecular weight is 607 g/mol. The highest BCUT2D eigenvalue weighted by Crippen LogP contribution is 2.57. The van der Waals surface area contributed by atoms with E-state index in [0.29, 0.717) is 33.8 Å². The Balaban J connectivity index is 1.90. The summed E-state index contributed by atoms with van der Waals surface area (Å²) in [7, 11) is 0. The van der Waals surface area contributed by atoms with Crippen LogP contribution in [0.4, 0.5) is 0 Å². The van der Waals surface area contributed by atoms with Gasteiger partial charge in [-0.2, -0.15) is 0 Å². The van der Waals surface area contributed by atoms with Crippen LogP contribution in [0, 0.1) is 13.8 Å². The van der Waals surface area contributed by atoms with Gasteiger partial charge in [0.1, 0.15) is 24.7 Å². The monoisotopic (exact) mass is 606 g/mol. The van der Waals surface area contributed by atoms with Crippen molar-refractivity contribution in [3.8, 4) is 22.6 Å². The summed E-state index contributed by atoms with van der Waals surface area (Å²) in [4.78, 5) is 48.0. The van der Waals surface area contributed by atoms with Crippen molar-refractivity contribution in [3.05, 3.63) is 117 Å². The van der Waals surface area contributed by atoms with Gasteiger partial charge in [0.15, 0.2) is 0 Å². The van der Waals surface area contributed by atoms with E-state index in [2.05, 4.69) is 24.3 Å². The molecule has 0 spiro atoms. The highest BCUT2D eigenvalue weighted by atomic mass is 16.6. The van der Waals surface area contributed by atoms with E-state index in [1.165, 1.54) is 27.7 Å². The zero-order valence-corrected chi connectivity index (χ0v) is 26.1. The molecule has 0 bridgehead atoms. The van der Waals surface area contributed by atoms with Crippen LogP contribution in [0.25, 0.3) is 11.1 Å². The van der Waals surface area contributed by atoms with E-state index in [-0.39, 0.29) is 13.2 Å². The normalized spacial score (nSPS) is 12.5. The van der Waals surface area contributed by atoms with Crippen molar-refractivity contribution in [2.45, 2.75) is 60.2 Å². The lowest BCUT2D eigenvalue weighted by molar-refractivity contribution is -0.143. The molecule has 0 aromatic heterocycles. The van der Waals surface area contributed by atoms with E-state index in [1.54, 1.807) is 0 Å². The Morgan fingerprint density at radius 3 is 1.29 bits per heavy atom. The second-order valence-corrected chi connectivity index (χ2v) is 11.2. The van der Waals surface area contributed by atoms with E-state index in [1.807, 2.05) is 62.4 Å². The molecular formula is C37H34O8.